The molecule has 0 aliphatic rings. The predicted molar refractivity (Wildman–Crippen MR) is 95.8 cm³/mol. The summed E-state index contributed by atoms with van der Waals surface area (Å²) < 4.78 is 2.11. The van der Waals surface area contributed by atoms with E-state index in [0.29, 0.717) is 0 Å². The first kappa shape index (κ1) is 15.5. The average Bonchev–Trinajstić information content (AvgIpc) is 2.85. The minimum absolute atomic E-state index is 0.853. The van der Waals surface area contributed by atoms with Crippen LogP contribution in [0.5, 0.6) is 0 Å². The summed E-state index contributed by atoms with van der Waals surface area (Å²) in [5.41, 5.74) is 7.81. The van der Waals surface area contributed by atoms with Crippen LogP contribution in [-0.2, 0) is 19.4 Å². The van der Waals surface area contributed by atoms with Crippen LogP contribution in [0.2, 0.25) is 0 Å². The van der Waals surface area contributed by atoms with Gasteiger partial charge in [-0.3, -0.25) is 4.68 Å². The summed E-state index contributed by atoms with van der Waals surface area (Å²) in [6.07, 6.45) is 2.15. The van der Waals surface area contributed by atoms with Crippen molar-refractivity contribution in [2.45, 2.75) is 40.2 Å². The van der Waals surface area contributed by atoms with Crippen molar-refractivity contribution in [1.29, 1.82) is 0 Å². The van der Waals surface area contributed by atoms with Crippen molar-refractivity contribution in [3.63, 3.8) is 0 Å². The lowest BCUT2D eigenvalue weighted by Crippen LogP contribution is -2.07. The standard InChI is InChI=1S/C21H24N2/c1-16-9-11-20(12-10-19-7-5-4-6-8-19)21(13-16)15-23-18(3)14-17(2)22-23/h4-9,11,13-14H,10,12,15H2,1-3H3. The fraction of sp³-hybridized carbons (Fsp3) is 0.286. The Kier molecular flexibility index (Phi) is 4.61. The molecule has 0 unspecified atom stereocenters. The van der Waals surface area contributed by atoms with Crippen molar-refractivity contribution >= 4 is 0 Å². The van der Waals surface area contributed by atoms with Crippen LogP contribution in [0.25, 0.3) is 0 Å². The molecule has 3 aromatic rings. The topological polar surface area (TPSA) is 17.8 Å². The highest BCUT2D eigenvalue weighted by Gasteiger charge is 2.07. The molecule has 2 aromatic carbocycles. The lowest BCUT2D eigenvalue weighted by molar-refractivity contribution is 0.653. The molecule has 2 nitrogen and oxygen atoms in total. The summed E-state index contributed by atoms with van der Waals surface area (Å²) >= 11 is 0. The Hall–Kier alpha value is -2.35. The second-order valence-electron chi connectivity index (χ2n) is 6.34. The number of hydrogen-bond acceptors (Lipinski definition) is 1. The molecule has 1 aromatic heterocycles. The number of nitrogens with zero attached hydrogens (tertiary/aromatic N) is 2. The molecule has 0 amide bonds. The minimum atomic E-state index is 0.853. The second kappa shape index (κ2) is 6.82. The SMILES string of the molecule is Cc1ccc(CCc2ccccc2)c(Cn2nc(C)cc2C)c1. The zero-order valence-electron chi connectivity index (χ0n) is 14.2. The Bertz CT molecular complexity index is 785. The Morgan fingerprint density at radius 3 is 2.30 bits per heavy atom. The van der Waals surface area contributed by atoms with Crippen LogP contribution >= 0.6 is 0 Å². The molecular weight excluding hydrogens is 280 g/mol. The van der Waals surface area contributed by atoms with E-state index in [2.05, 4.69) is 85.1 Å². The molecule has 0 bridgehead atoms. The molecule has 0 radical (unpaired) electrons. The number of rotatable bonds is 5. The number of hydrogen-bond donors (Lipinski definition) is 0. The maximum atomic E-state index is 4.61. The lowest BCUT2D eigenvalue weighted by atomic mass is 9.98. The van der Waals surface area contributed by atoms with Gasteiger partial charge in [0.2, 0.25) is 0 Å². The van der Waals surface area contributed by atoms with Crippen molar-refractivity contribution in [3.05, 3.63) is 88.2 Å². The van der Waals surface area contributed by atoms with Gasteiger partial charge in [0.25, 0.3) is 0 Å². The number of aryl methyl sites for hydroxylation is 5. The molecule has 0 saturated heterocycles. The van der Waals surface area contributed by atoms with Crippen molar-refractivity contribution in [3.8, 4) is 0 Å². The van der Waals surface area contributed by atoms with Crippen LogP contribution in [0, 0.1) is 20.8 Å². The van der Waals surface area contributed by atoms with E-state index in [1.54, 1.807) is 0 Å². The van der Waals surface area contributed by atoms with Gasteiger partial charge in [-0.05, 0) is 56.4 Å². The molecular formula is C21H24N2. The van der Waals surface area contributed by atoms with E-state index in [1.165, 1.54) is 27.9 Å². The Morgan fingerprint density at radius 2 is 1.61 bits per heavy atom. The Labute approximate surface area is 138 Å². The first-order valence-electron chi connectivity index (χ1n) is 8.25. The summed E-state index contributed by atoms with van der Waals surface area (Å²) in [6.45, 7) is 7.19. The largest absolute Gasteiger partial charge is 0.265 e. The molecule has 0 aliphatic carbocycles. The third-order valence-electron chi connectivity index (χ3n) is 4.31. The smallest absolute Gasteiger partial charge is 0.0665 e. The molecule has 0 N–H and O–H groups in total. The van der Waals surface area contributed by atoms with E-state index >= 15 is 0 Å². The van der Waals surface area contributed by atoms with Gasteiger partial charge >= 0.3 is 0 Å². The van der Waals surface area contributed by atoms with E-state index in [1.807, 2.05) is 0 Å². The van der Waals surface area contributed by atoms with E-state index in [-0.39, 0.29) is 0 Å². The van der Waals surface area contributed by atoms with Crippen molar-refractivity contribution < 1.29 is 0 Å². The molecule has 0 aliphatic heterocycles. The molecule has 0 saturated carbocycles. The highest BCUT2D eigenvalue weighted by Crippen LogP contribution is 2.17. The first-order chi connectivity index (χ1) is 11.1. The molecule has 1 heterocycles. The lowest BCUT2D eigenvalue weighted by Gasteiger charge is -2.12. The summed E-state index contributed by atoms with van der Waals surface area (Å²) in [4.78, 5) is 0. The van der Waals surface area contributed by atoms with Gasteiger partial charge in [0.05, 0.1) is 12.2 Å². The summed E-state index contributed by atoms with van der Waals surface area (Å²) in [7, 11) is 0. The van der Waals surface area contributed by atoms with Crippen LogP contribution in [-0.4, -0.2) is 9.78 Å². The average molecular weight is 304 g/mol. The maximum absolute atomic E-state index is 4.61. The Balaban J connectivity index is 1.81. The summed E-state index contributed by atoms with van der Waals surface area (Å²) in [5, 5.41) is 4.61. The highest BCUT2D eigenvalue weighted by molar-refractivity contribution is 5.33. The van der Waals surface area contributed by atoms with Gasteiger partial charge in [-0.25, -0.2) is 0 Å². The highest BCUT2D eigenvalue weighted by atomic mass is 15.3. The van der Waals surface area contributed by atoms with Gasteiger partial charge in [0, 0.05) is 5.69 Å². The van der Waals surface area contributed by atoms with Gasteiger partial charge < -0.3 is 0 Å². The molecule has 0 spiro atoms. The van der Waals surface area contributed by atoms with Crippen LogP contribution in [0.1, 0.15) is 33.6 Å². The normalized spacial score (nSPS) is 10.9. The van der Waals surface area contributed by atoms with Gasteiger partial charge in [0.15, 0.2) is 0 Å². The molecule has 118 valence electrons. The monoisotopic (exact) mass is 304 g/mol. The van der Waals surface area contributed by atoms with Crippen LogP contribution < -0.4 is 0 Å². The Morgan fingerprint density at radius 1 is 0.826 bits per heavy atom. The maximum Gasteiger partial charge on any atom is 0.0665 e. The van der Waals surface area contributed by atoms with Crippen LogP contribution in [0.15, 0.2) is 54.6 Å². The third-order valence-corrected chi connectivity index (χ3v) is 4.31. The summed E-state index contributed by atoms with van der Waals surface area (Å²) in [6, 6.07) is 19.6. The zero-order valence-corrected chi connectivity index (χ0v) is 14.2. The van der Waals surface area contributed by atoms with Gasteiger partial charge in [-0.15, -0.1) is 0 Å². The first-order valence-corrected chi connectivity index (χ1v) is 8.25. The molecule has 2 heteroatoms. The van der Waals surface area contributed by atoms with E-state index in [9.17, 15) is 0 Å². The second-order valence-corrected chi connectivity index (χ2v) is 6.34. The quantitative estimate of drug-likeness (QED) is 0.671. The molecule has 3 rings (SSSR count). The molecule has 23 heavy (non-hydrogen) atoms. The molecule has 0 atom stereocenters. The number of benzene rings is 2. The van der Waals surface area contributed by atoms with Crippen molar-refractivity contribution in [2.24, 2.45) is 0 Å². The van der Waals surface area contributed by atoms with Gasteiger partial charge in [0.1, 0.15) is 0 Å². The predicted octanol–water partition coefficient (Wildman–Crippen LogP) is 4.64. The fourth-order valence-electron chi connectivity index (χ4n) is 3.07. The van der Waals surface area contributed by atoms with E-state index in [4.69, 9.17) is 0 Å². The summed E-state index contributed by atoms with van der Waals surface area (Å²) in [5.74, 6) is 0. The van der Waals surface area contributed by atoms with Gasteiger partial charge in [-0.1, -0.05) is 54.1 Å². The van der Waals surface area contributed by atoms with Crippen LogP contribution in [0.3, 0.4) is 0 Å². The third kappa shape index (κ3) is 3.89. The fourth-order valence-corrected chi connectivity index (χ4v) is 3.07. The van der Waals surface area contributed by atoms with Crippen molar-refractivity contribution in [2.75, 3.05) is 0 Å². The minimum Gasteiger partial charge on any atom is -0.265 e. The van der Waals surface area contributed by atoms with E-state index < -0.39 is 0 Å². The zero-order chi connectivity index (χ0) is 16.2. The van der Waals surface area contributed by atoms with Crippen molar-refractivity contribution in [1.82, 2.24) is 9.78 Å². The van der Waals surface area contributed by atoms with Crippen LogP contribution in [0.4, 0.5) is 0 Å². The van der Waals surface area contributed by atoms with Gasteiger partial charge in [-0.2, -0.15) is 5.10 Å². The molecule has 0 fully saturated rings. The number of aromatic nitrogens is 2. The van der Waals surface area contributed by atoms with E-state index in [0.717, 1.165) is 25.1 Å².